The van der Waals surface area contributed by atoms with Gasteiger partial charge in [0.15, 0.2) is 5.96 Å². The normalized spacial score (nSPS) is 11.2. The second kappa shape index (κ2) is 4.53. The van der Waals surface area contributed by atoms with Gasteiger partial charge in [-0.1, -0.05) is 0 Å². The van der Waals surface area contributed by atoms with E-state index in [1.54, 1.807) is 7.05 Å². The fraction of sp³-hybridized carbons (Fsp3) is 0.750. The number of hydrogen-bond donors (Lipinski definition) is 3. The third kappa shape index (κ3) is 6.25. The van der Waals surface area contributed by atoms with Crippen LogP contribution in [0.2, 0.25) is 0 Å². The molecule has 0 aliphatic heterocycles. The predicted molar refractivity (Wildman–Crippen MR) is 48.6 cm³/mol. The van der Waals surface area contributed by atoms with Gasteiger partial charge >= 0.3 is 9.15 Å². The van der Waals surface area contributed by atoms with Crippen molar-refractivity contribution >= 4 is 25.9 Å². The van der Waals surface area contributed by atoms with Gasteiger partial charge in [-0.25, -0.2) is 0 Å². The van der Waals surface area contributed by atoms with Gasteiger partial charge in [0, 0.05) is 19.3 Å². The van der Waals surface area contributed by atoms with Crippen LogP contribution in [0.4, 0.5) is 0 Å². The highest BCUT2D eigenvalue weighted by molar-refractivity contribution is 8.69. The van der Waals surface area contributed by atoms with Gasteiger partial charge in [-0.2, -0.15) is 8.42 Å². The molecular weight excluding hydrogens is 202 g/mol. The predicted octanol–water partition coefficient (Wildman–Crippen LogP) is -0.652. The molecule has 0 bridgehead atoms. The van der Waals surface area contributed by atoms with Gasteiger partial charge in [-0.05, 0) is 10.8 Å². The van der Waals surface area contributed by atoms with Crippen LogP contribution in [-0.4, -0.2) is 43.2 Å². The van der Waals surface area contributed by atoms with Gasteiger partial charge in [0.2, 0.25) is 0 Å². The Balaban J connectivity index is 3.65. The molecule has 0 spiro atoms. The third-order valence-corrected chi connectivity index (χ3v) is 3.11. The summed E-state index contributed by atoms with van der Waals surface area (Å²) in [5, 5.41) is 6.92. The molecule has 0 fully saturated rings. The van der Waals surface area contributed by atoms with Crippen LogP contribution in [0, 0.1) is 5.41 Å². The van der Waals surface area contributed by atoms with E-state index in [-0.39, 0.29) is 11.7 Å². The van der Waals surface area contributed by atoms with Gasteiger partial charge in [0.05, 0.1) is 0 Å². The molecule has 6 nitrogen and oxygen atoms in total. The highest BCUT2D eigenvalue weighted by atomic mass is 33.1. The number of nitrogens with one attached hydrogen (secondary N) is 1. The quantitative estimate of drug-likeness (QED) is 0.248. The lowest BCUT2D eigenvalue weighted by Crippen LogP contribution is -2.34. The van der Waals surface area contributed by atoms with Crippen LogP contribution in [0.3, 0.4) is 0 Å². The molecule has 8 heteroatoms. The molecule has 0 aromatic carbocycles. The minimum absolute atomic E-state index is 0.133. The summed E-state index contributed by atoms with van der Waals surface area (Å²) in [7, 11) is -1.99. The monoisotopic (exact) mass is 213 g/mol. The summed E-state index contributed by atoms with van der Waals surface area (Å²) in [6.45, 7) is 0.305. The molecule has 0 aromatic rings. The van der Waals surface area contributed by atoms with E-state index in [0.29, 0.717) is 17.3 Å². The maximum atomic E-state index is 10.2. The molecule has 72 valence electrons. The van der Waals surface area contributed by atoms with E-state index in [1.165, 1.54) is 4.90 Å². The van der Waals surface area contributed by atoms with Crippen molar-refractivity contribution in [2.75, 3.05) is 19.3 Å². The van der Waals surface area contributed by atoms with Crippen LogP contribution in [0.15, 0.2) is 0 Å². The zero-order chi connectivity index (χ0) is 9.78. The van der Waals surface area contributed by atoms with Crippen molar-refractivity contribution in [1.82, 2.24) is 4.90 Å². The van der Waals surface area contributed by atoms with E-state index in [1.807, 2.05) is 0 Å². The second-order valence-electron chi connectivity index (χ2n) is 2.06. The summed E-state index contributed by atoms with van der Waals surface area (Å²) in [6.07, 6.45) is 0. The summed E-state index contributed by atoms with van der Waals surface area (Å²) >= 11 is 0. The highest BCUT2D eigenvalue weighted by Gasteiger charge is 2.06. The van der Waals surface area contributed by atoms with Crippen molar-refractivity contribution in [3.63, 3.8) is 0 Å². The number of nitrogens with two attached hydrogens (primary N) is 1. The molecule has 0 aliphatic carbocycles. The van der Waals surface area contributed by atoms with Gasteiger partial charge < -0.3 is 10.6 Å². The van der Waals surface area contributed by atoms with Crippen LogP contribution in [0.1, 0.15) is 0 Å². The van der Waals surface area contributed by atoms with E-state index in [4.69, 9.17) is 15.7 Å². The van der Waals surface area contributed by atoms with Crippen molar-refractivity contribution in [2.24, 2.45) is 5.73 Å². The van der Waals surface area contributed by atoms with Crippen molar-refractivity contribution < 1.29 is 13.0 Å². The van der Waals surface area contributed by atoms with E-state index in [2.05, 4.69) is 0 Å². The minimum Gasteiger partial charge on any atom is -0.370 e. The Morgan fingerprint density at radius 3 is 2.58 bits per heavy atom. The van der Waals surface area contributed by atoms with Crippen molar-refractivity contribution in [1.29, 1.82) is 5.41 Å². The molecule has 4 N–H and O–H groups in total. The number of nitrogens with zero attached hydrogens (tertiary/aromatic N) is 1. The Morgan fingerprint density at radius 1 is 1.75 bits per heavy atom. The lowest BCUT2D eigenvalue weighted by atomic mass is 10.6. The van der Waals surface area contributed by atoms with E-state index in [0.717, 1.165) is 0 Å². The van der Waals surface area contributed by atoms with Gasteiger partial charge in [0.1, 0.15) is 0 Å². The van der Waals surface area contributed by atoms with Crippen molar-refractivity contribution in [3.05, 3.63) is 0 Å². The highest BCUT2D eigenvalue weighted by Crippen LogP contribution is 2.08. The summed E-state index contributed by atoms with van der Waals surface area (Å²) in [6, 6.07) is 0. The maximum Gasteiger partial charge on any atom is 0.319 e. The maximum absolute atomic E-state index is 10.2. The molecule has 12 heavy (non-hydrogen) atoms. The fourth-order valence-electron chi connectivity index (χ4n) is 0.400. The number of guanidine groups is 1. The lowest BCUT2D eigenvalue weighted by Gasteiger charge is -2.14. The molecule has 0 atom stereocenters. The summed E-state index contributed by atoms with van der Waals surface area (Å²) in [4.78, 5) is 1.37. The average molecular weight is 213 g/mol. The SMILES string of the molecule is CN(CCSS(=O)(=O)O)C(=N)N. The molecule has 0 saturated carbocycles. The first-order valence-electron chi connectivity index (χ1n) is 3.00. The van der Waals surface area contributed by atoms with Crippen LogP contribution < -0.4 is 5.73 Å². The molecule has 0 amide bonds. The standard InChI is InChI=1S/C4H11N3O3S2/c1-7(4(5)6)2-3-11-12(8,9)10/h2-3H2,1H3,(H3,5,6)(H,8,9,10). The van der Waals surface area contributed by atoms with Crippen LogP contribution in [-0.2, 0) is 9.15 Å². The molecule has 0 radical (unpaired) electrons. The minimum atomic E-state index is -3.97. The molecule has 0 rings (SSSR count). The van der Waals surface area contributed by atoms with Gasteiger partial charge in [0.25, 0.3) is 0 Å². The Hall–Kier alpha value is -0.470. The Morgan fingerprint density at radius 2 is 2.25 bits per heavy atom. The van der Waals surface area contributed by atoms with Crippen LogP contribution in [0.5, 0.6) is 0 Å². The zero-order valence-corrected chi connectivity index (χ0v) is 8.15. The first-order valence-corrected chi connectivity index (χ1v) is 5.94. The smallest absolute Gasteiger partial charge is 0.319 e. The summed E-state index contributed by atoms with van der Waals surface area (Å²) < 4.78 is 28.7. The number of rotatable bonds is 4. The molecule has 0 aromatic heterocycles. The van der Waals surface area contributed by atoms with Gasteiger partial charge in [-0.3, -0.25) is 9.96 Å². The summed E-state index contributed by atoms with van der Waals surface area (Å²) in [5.74, 6) is 0.0421. The van der Waals surface area contributed by atoms with Crippen LogP contribution in [0.25, 0.3) is 0 Å². The zero-order valence-electron chi connectivity index (χ0n) is 6.52. The first kappa shape index (κ1) is 11.5. The Bertz CT molecular complexity index is 250. The Kier molecular flexibility index (Phi) is 4.35. The molecule has 0 unspecified atom stereocenters. The van der Waals surface area contributed by atoms with Crippen molar-refractivity contribution in [3.8, 4) is 0 Å². The van der Waals surface area contributed by atoms with E-state index < -0.39 is 9.15 Å². The lowest BCUT2D eigenvalue weighted by molar-refractivity contribution is 0.501. The molecular formula is C4H11N3O3S2. The molecule has 0 heterocycles. The van der Waals surface area contributed by atoms with Crippen LogP contribution >= 0.6 is 10.8 Å². The topological polar surface area (TPSA) is 107 Å². The van der Waals surface area contributed by atoms with E-state index in [9.17, 15) is 8.42 Å². The van der Waals surface area contributed by atoms with E-state index >= 15 is 0 Å². The largest absolute Gasteiger partial charge is 0.370 e. The first-order chi connectivity index (χ1) is 5.33. The Labute approximate surface area is 74.8 Å². The summed E-state index contributed by atoms with van der Waals surface area (Å²) in [5.41, 5.74) is 5.07. The van der Waals surface area contributed by atoms with Crippen molar-refractivity contribution in [2.45, 2.75) is 0 Å². The van der Waals surface area contributed by atoms with Gasteiger partial charge in [-0.15, -0.1) is 0 Å². The average Bonchev–Trinajstić information content (AvgIpc) is 1.84. The fourth-order valence-corrected chi connectivity index (χ4v) is 1.81. The third-order valence-electron chi connectivity index (χ3n) is 1.07. The molecule has 0 aliphatic rings. The second-order valence-corrected chi connectivity index (χ2v) is 5.53. The molecule has 0 saturated heterocycles. The number of hydrogen-bond acceptors (Lipinski definition) is 4.